The summed E-state index contributed by atoms with van der Waals surface area (Å²) in [5.74, 6) is 5.16. The highest BCUT2D eigenvalue weighted by molar-refractivity contribution is 6.63. The zero-order valence-electron chi connectivity index (χ0n) is 73.8. The zero-order chi connectivity index (χ0) is 92.3. The number of halogens is 1. The van der Waals surface area contributed by atoms with E-state index in [-0.39, 0.29) is 5.28 Å². The predicted octanol–water partition coefficient (Wildman–Crippen LogP) is 26.1. The lowest BCUT2D eigenvalue weighted by molar-refractivity contribution is 0.426. The van der Waals surface area contributed by atoms with Crippen LogP contribution in [0.25, 0.3) is 213 Å². The fourth-order valence-electron chi connectivity index (χ4n) is 22.5. The highest BCUT2D eigenvalue weighted by Gasteiger charge is 2.57. The van der Waals surface area contributed by atoms with Gasteiger partial charge >= 0.3 is 14.8 Å². The van der Waals surface area contributed by atoms with Crippen LogP contribution >= 0.6 is 11.6 Å². The molecule has 0 unspecified atom stereocenters. The molecule has 24 aromatic rings. The second-order valence-electron chi connectivity index (χ2n) is 35.3. The molecule has 0 saturated carbocycles. The molecular formula is C120H71B2ClN9O7. The first-order chi connectivity index (χ1) is 68.6. The molecule has 1 radical (unpaired) electrons. The van der Waals surface area contributed by atoms with Crippen molar-refractivity contribution >= 4 is 97.7 Å². The number of furan rings is 3. The van der Waals surface area contributed by atoms with Gasteiger partial charge in [0.2, 0.25) is 5.28 Å². The predicted molar refractivity (Wildman–Crippen MR) is 549 cm³/mol. The topological polar surface area (TPSA) is 225 Å². The number of para-hydroxylation sites is 3. The molecule has 0 fully saturated rings. The summed E-state index contributed by atoms with van der Waals surface area (Å²) in [6.07, 6.45) is 0.702. The highest BCUT2D eigenvalue weighted by atomic mass is 35.5. The van der Waals surface area contributed by atoms with Crippen LogP contribution in [-0.4, -0.2) is 74.7 Å². The molecule has 29 rings (SSSR count). The van der Waals surface area contributed by atoms with E-state index in [0.29, 0.717) is 99.6 Å². The molecule has 139 heavy (non-hydrogen) atoms. The van der Waals surface area contributed by atoms with Crippen LogP contribution in [-0.2, 0) is 17.3 Å². The Hall–Kier alpha value is -17.5. The first-order valence-corrected chi connectivity index (χ1v) is 46.4. The first-order valence-electron chi connectivity index (χ1n) is 46.0. The Morgan fingerprint density at radius 3 is 1.02 bits per heavy atom. The second kappa shape index (κ2) is 32.1. The number of benzene rings is 18. The van der Waals surface area contributed by atoms with Crippen molar-refractivity contribution in [2.75, 3.05) is 0 Å². The number of aromatic nitrogens is 9. The molecule has 3 N–H and O–H groups in total. The second-order valence-corrected chi connectivity index (χ2v) is 35.7. The highest BCUT2D eigenvalue weighted by Crippen LogP contribution is 2.70. The van der Waals surface area contributed by atoms with E-state index in [2.05, 4.69) is 197 Å². The van der Waals surface area contributed by atoms with Gasteiger partial charge in [-0.2, -0.15) is 9.97 Å². The van der Waals surface area contributed by atoms with Crippen molar-refractivity contribution in [2.45, 2.75) is 17.3 Å². The third-order valence-corrected chi connectivity index (χ3v) is 28.2. The third-order valence-electron chi connectivity index (χ3n) is 28.1. The van der Waals surface area contributed by atoms with Gasteiger partial charge in [0.25, 0.3) is 0 Å². The van der Waals surface area contributed by atoms with Crippen LogP contribution in [0.5, 0.6) is 5.75 Å². The summed E-state index contributed by atoms with van der Waals surface area (Å²) in [4.78, 5) is 44.9. The summed E-state index contributed by atoms with van der Waals surface area (Å²) in [5.41, 5.74) is 31.9. The molecule has 6 heterocycles. The Balaban J connectivity index is 0.000000127. The summed E-state index contributed by atoms with van der Waals surface area (Å²) in [7, 11) is -1.07. The van der Waals surface area contributed by atoms with Crippen LogP contribution < -0.4 is 10.1 Å². The molecule has 6 aromatic heterocycles. The van der Waals surface area contributed by atoms with Crippen molar-refractivity contribution in [1.29, 1.82) is 0 Å². The summed E-state index contributed by atoms with van der Waals surface area (Å²) >= 11 is 5.99. The molecule has 0 amide bonds. The maximum atomic E-state index is 10.9. The lowest BCUT2D eigenvalue weighted by Gasteiger charge is -2.31. The molecule has 18 aromatic carbocycles. The van der Waals surface area contributed by atoms with E-state index in [4.69, 9.17) is 59.4 Å². The van der Waals surface area contributed by atoms with E-state index in [0.717, 1.165) is 149 Å². The van der Waals surface area contributed by atoms with Gasteiger partial charge in [0, 0.05) is 93.5 Å². The molecule has 16 nitrogen and oxygen atoms in total. The van der Waals surface area contributed by atoms with Crippen molar-refractivity contribution in [1.82, 2.24) is 44.9 Å². The smallest absolute Gasteiger partial charge is 0.535 e. The average Bonchev–Trinajstić information content (AvgIpc) is 1.49. The SMILES string of the molecule is Clc1nc(-c2ccccc2)nc(-c2ccccc2)n1.O[B]Oc1cc2c(c3c1oc1ccccc13)-c1c(cc(B(O)O)c3c1oc1ccccc13)C21c2ccccc2-c2ccccc21.c1ccc(-c2nc(-c3ccccc3)nc(-c3cc4c(c5c3Cc3ccccc3-5)-c3c(cc(-c5nc(-c6ccccc6)nc(-c6ccccc6)n5)c5c3oc3ccccc35)C43c4ccccc4-c4ccccc43)n2)cc1. The van der Waals surface area contributed by atoms with Gasteiger partial charge in [-0.05, 0) is 154 Å². The number of rotatable bonds is 11. The molecule has 19 heteroatoms. The minimum atomic E-state index is -1.75. The summed E-state index contributed by atoms with van der Waals surface area (Å²) in [6, 6.07) is 136. The molecular weight excluding hydrogens is 1740 g/mol. The van der Waals surface area contributed by atoms with Crippen molar-refractivity contribution in [2.24, 2.45) is 0 Å². The van der Waals surface area contributed by atoms with Gasteiger partial charge in [-0.15, -0.1) is 0 Å². The van der Waals surface area contributed by atoms with E-state index in [1.807, 2.05) is 218 Å². The van der Waals surface area contributed by atoms with Gasteiger partial charge < -0.3 is 33.0 Å². The monoisotopic (exact) mass is 1810 g/mol. The zero-order valence-corrected chi connectivity index (χ0v) is 74.6. The number of hydrogen-bond acceptors (Lipinski definition) is 16. The van der Waals surface area contributed by atoms with Crippen LogP contribution in [0.1, 0.15) is 55.6 Å². The molecule has 2 spiro atoms. The van der Waals surface area contributed by atoms with Gasteiger partial charge in [-0.25, -0.2) is 34.9 Å². The van der Waals surface area contributed by atoms with E-state index >= 15 is 0 Å². The largest absolute Gasteiger partial charge is 0.569 e. The fraction of sp³-hybridized carbons (Fsp3) is 0.0250. The van der Waals surface area contributed by atoms with Crippen molar-refractivity contribution in [3.63, 3.8) is 0 Å². The number of fused-ring (bicyclic) bond motifs is 36. The van der Waals surface area contributed by atoms with E-state index in [1.54, 1.807) is 0 Å². The van der Waals surface area contributed by atoms with Crippen LogP contribution in [0.15, 0.2) is 414 Å². The molecule has 0 atom stereocenters. The molecule has 5 aliphatic carbocycles. The maximum Gasteiger partial charge on any atom is 0.569 e. The molecule has 5 aliphatic rings. The van der Waals surface area contributed by atoms with E-state index in [1.165, 1.54) is 44.5 Å². The Morgan fingerprint density at radius 1 is 0.273 bits per heavy atom. The minimum Gasteiger partial charge on any atom is -0.535 e. The van der Waals surface area contributed by atoms with Crippen molar-refractivity contribution in [3.8, 4) is 152 Å². The quantitative estimate of drug-likeness (QED) is 0.102. The average molecular weight is 1810 g/mol. The lowest BCUT2D eigenvalue weighted by atomic mass is 9.68. The van der Waals surface area contributed by atoms with Gasteiger partial charge in [0.1, 0.15) is 33.7 Å². The van der Waals surface area contributed by atoms with Gasteiger partial charge in [-0.3, -0.25) is 0 Å². The van der Waals surface area contributed by atoms with Crippen molar-refractivity contribution < 1.29 is 33.0 Å². The summed E-state index contributed by atoms with van der Waals surface area (Å²) in [6.45, 7) is 0. The Kier molecular flexibility index (Phi) is 18.7. The van der Waals surface area contributed by atoms with Gasteiger partial charge in [-0.1, -0.05) is 364 Å². The van der Waals surface area contributed by atoms with Crippen LogP contribution in [0.2, 0.25) is 5.28 Å². The normalized spacial score (nSPS) is 13.0. The number of hydrogen-bond donors (Lipinski definition) is 3. The fourth-order valence-corrected chi connectivity index (χ4v) is 22.7. The standard InChI is InChI=1S/C68H40N6O.C37H21B2O6.C15H10ClN3/c1-5-21-40(22-6-1)62-69-63(41-23-7-2-8-24-41)72-66(71-62)50-38-54-59(57-45-30-14-13-29-44(45)37-49(50)57)60-55(68(54)52-34-18-15-31-46(52)47-32-16-19-35-53(47)68)39-51(58-48-33-17-20-36-56(48)75-61(58)60)67-73-64(42-25-9-3-10-26-42)70-65(74-67)43-27-11-4-12-28-43;40-38-45-30-18-26-33(32-22-12-4-8-16-29(22)43-35(30)32)34-25(17-27(39(41)42)31-21-11-3-7-15-28(21)44-36(31)34)37(26)23-13-5-1-9-19(23)20-10-2-6-14-24(20)37;16-15-18-13(11-7-3-1-4-8-11)17-14(19-15)12-9-5-2-6-10-12/h1-36,38-39H,37H2;1-18,40-42H;1-10H. The molecule has 651 valence electrons. The Bertz CT molecular complexity index is 8950. The number of nitrogens with zero attached hydrogens (tertiary/aromatic N) is 9. The Labute approximate surface area is 801 Å². The summed E-state index contributed by atoms with van der Waals surface area (Å²) < 4.78 is 26.3. The minimum absolute atomic E-state index is 0.202. The molecule has 0 bridgehead atoms. The van der Waals surface area contributed by atoms with Crippen molar-refractivity contribution in [3.05, 3.63) is 461 Å². The van der Waals surface area contributed by atoms with E-state index in [9.17, 15) is 15.1 Å². The van der Waals surface area contributed by atoms with E-state index < -0.39 is 17.9 Å². The van der Waals surface area contributed by atoms with Gasteiger partial charge in [0.05, 0.1) is 10.8 Å². The van der Waals surface area contributed by atoms with Crippen LogP contribution in [0.3, 0.4) is 0 Å². The third kappa shape index (κ3) is 12.4. The van der Waals surface area contributed by atoms with Gasteiger partial charge in [0.15, 0.2) is 52.2 Å². The van der Waals surface area contributed by atoms with Crippen LogP contribution in [0, 0.1) is 0 Å². The summed E-state index contributed by atoms with van der Waals surface area (Å²) in [5, 5.41) is 37.1. The first kappa shape index (κ1) is 81.1. The van der Waals surface area contributed by atoms with Crippen LogP contribution in [0.4, 0.5) is 0 Å². The Morgan fingerprint density at radius 2 is 0.590 bits per heavy atom. The molecule has 0 saturated heterocycles. The maximum absolute atomic E-state index is 10.9. The lowest BCUT2D eigenvalue weighted by Crippen LogP contribution is -2.33. The molecule has 0 aliphatic heterocycles.